The maximum atomic E-state index is 13.9. The molecule has 22 heavy (non-hydrogen) atoms. The second kappa shape index (κ2) is 7.06. The quantitative estimate of drug-likeness (QED) is 0.861. The van der Waals surface area contributed by atoms with Gasteiger partial charge in [0.2, 0.25) is 5.91 Å². The van der Waals surface area contributed by atoms with E-state index in [0.29, 0.717) is 19.1 Å². The van der Waals surface area contributed by atoms with E-state index in [0.717, 1.165) is 49.1 Å². The van der Waals surface area contributed by atoms with E-state index < -0.39 is 0 Å². The van der Waals surface area contributed by atoms with E-state index in [1.165, 1.54) is 6.07 Å². The van der Waals surface area contributed by atoms with Crippen molar-refractivity contribution >= 4 is 21.8 Å². The third-order valence-corrected chi connectivity index (χ3v) is 4.68. The van der Waals surface area contributed by atoms with Gasteiger partial charge in [-0.25, -0.2) is 4.39 Å². The fraction of sp³-hybridized carbons (Fsp3) is 0.562. The van der Waals surface area contributed by atoms with E-state index >= 15 is 0 Å². The molecule has 2 aliphatic rings. The van der Waals surface area contributed by atoms with Crippen LogP contribution in [0.4, 0.5) is 4.39 Å². The van der Waals surface area contributed by atoms with Crippen LogP contribution in [0.15, 0.2) is 22.7 Å². The highest BCUT2D eigenvalue weighted by Crippen LogP contribution is 2.19. The molecule has 0 bridgehead atoms. The lowest BCUT2D eigenvalue weighted by molar-refractivity contribution is -0.122. The van der Waals surface area contributed by atoms with Crippen molar-refractivity contribution < 1.29 is 9.18 Å². The van der Waals surface area contributed by atoms with Crippen LogP contribution in [0.2, 0.25) is 0 Å². The normalized spacial score (nSPS) is 20.1. The number of carbonyl (C=O) groups is 1. The molecule has 120 valence electrons. The van der Waals surface area contributed by atoms with Gasteiger partial charge in [0.05, 0.1) is 6.54 Å². The first-order valence-corrected chi connectivity index (χ1v) is 8.57. The Morgan fingerprint density at radius 2 is 1.91 bits per heavy atom. The first-order valence-electron chi connectivity index (χ1n) is 7.78. The van der Waals surface area contributed by atoms with E-state index in [-0.39, 0.29) is 11.7 Å². The summed E-state index contributed by atoms with van der Waals surface area (Å²) in [5, 5.41) is 3.02. The molecule has 1 aliphatic carbocycles. The standard InChI is InChI=1S/C16H21BrFN3O/c17-13-2-1-12(15(18)9-13)10-20-5-7-21(8-6-20)11-16(22)19-14-3-4-14/h1-2,9,14H,3-8,10-11H2,(H,19,22). The van der Waals surface area contributed by atoms with Crippen molar-refractivity contribution in [2.75, 3.05) is 32.7 Å². The Morgan fingerprint density at radius 1 is 1.23 bits per heavy atom. The van der Waals surface area contributed by atoms with Gasteiger partial charge in [-0.2, -0.15) is 0 Å². The lowest BCUT2D eigenvalue weighted by atomic mass is 10.2. The van der Waals surface area contributed by atoms with Gasteiger partial charge in [0.15, 0.2) is 0 Å². The zero-order valence-corrected chi connectivity index (χ0v) is 14.1. The summed E-state index contributed by atoms with van der Waals surface area (Å²) >= 11 is 3.28. The van der Waals surface area contributed by atoms with E-state index in [1.807, 2.05) is 12.1 Å². The molecule has 0 atom stereocenters. The molecule has 0 aromatic heterocycles. The summed E-state index contributed by atoms with van der Waals surface area (Å²) in [7, 11) is 0. The van der Waals surface area contributed by atoms with Gasteiger partial charge in [0.25, 0.3) is 0 Å². The number of benzene rings is 1. The largest absolute Gasteiger partial charge is 0.352 e. The van der Waals surface area contributed by atoms with Gasteiger partial charge in [-0.1, -0.05) is 22.0 Å². The number of hydrogen-bond acceptors (Lipinski definition) is 3. The van der Waals surface area contributed by atoms with Gasteiger partial charge >= 0.3 is 0 Å². The molecule has 1 heterocycles. The van der Waals surface area contributed by atoms with Gasteiger partial charge in [-0.05, 0) is 25.0 Å². The van der Waals surface area contributed by atoms with Crippen molar-refractivity contribution in [1.82, 2.24) is 15.1 Å². The van der Waals surface area contributed by atoms with Gasteiger partial charge in [-0.15, -0.1) is 0 Å². The van der Waals surface area contributed by atoms with Crippen LogP contribution in [0.3, 0.4) is 0 Å². The summed E-state index contributed by atoms with van der Waals surface area (Å²) in [5.41, 5.74) is 0.725. The zero-order chi connectivity index (χ0) is 15.5. The van der Waals surface area contributed by atoms with Crippen LogP contribution in [0, 0.1) is 5.82 Å². The summed E-state index contributed by atoms with van der Waals surface area (Å²) < 4.78 is 14.6. The topological polar surface area (TPSA) is 35.6 Å². The number of nitrogens with one attached hydrogen (secondary N) is 1. The van der Waals surface area contributed by atoms with Gasteiger partial charge in [0, 0.05) is 48.8 Å². The second-order valence-electron chi connectivity index (χ2n) is 6.13. The molecule has 1 saturated carbocycles. The average molecular weight is 370 g/mol. The zero-order valence-electron chi connectivity index (χ0n) is 12.5. The van der Waals surface area contributed by atoms with E-state index in [1.54, 1.807) is 0 Å². The Kier molecular flexibility index (Phi) is 5.10. The minimum Gasteiger partial charge on any atom is -0.352 e. The fourth-order valence-corrected chi connectivity index (χ4v) is 3.03. The monoisotopic (exact) mass is 369 g/mol. The highest BCUT2D eigenvalue weighted by Gasteiger charge is 2.25. The Morgan fingerprint density at radius 3 is 2.55 bits per heavy atom. The third-order valence-electron chi connectivity index (χ3n) is 4.18. The molecular weight excluding hydrogens is 349 g/mol. The minimum atomic E-state index is -0.166. The first kappa shape index (κ1) is 15.9. The summed E-state index contributed by atoms with van der Waals surface area (Å²) in [6, 6.07) is 5.63. The molecule has 4 nitrogen and oxygen atoms in total. The van der Waals surface area contributed by atoms with E-state index in [4.69, 9.17) is 0 Å². The Bertz CT molecular complexity index is 542. The highest BCUT2D eigenvalue weighted by molar-refractivity contribution is 9.10. The predicted octanol–water partition coefficient (Wildman–Crippen LogP) is 1.98. The van der Waals surface area contributed by atoms with Crippen molar-refractivity contribution in [2.24, 2.45) is 0 Å². The SMILES string of the molecule is O=C(CN1CCN(Cc2ccc(Br)cc2F)CC1)NC1CC1. The molecule has 1 aromatic carbocycles. The van der Waals surface area contributed by atoms with Gasteiger partial charge in [-0.3, -0.25) is 14.6 Å². The average Bonchev–Trinajstić information content (AvgIpc) is 3.28. The lowest BCUT2D eigenvalue weighted by Crippen LogP contribution is -2.49. The summed E-state index contributed by atoms with van der Waals surface area (Å²) in [6.07, 6.45) is 2.25. The number of rotatable bonds is 5. The number of amides is 1. The van der Waals surface area contributed by atoms with Crippen molar-refractivity contribution in [1.29, 1.82) is 0 Å². The van der Waals surface area contributed by atoms with Crippen molar-refractivity contribution in [2.45, 2.75) is 25.4 Å². The molecule has 1 amide bonds. The molecule has 2 fully saturated rings. The first-order chi connectivity index (χ1) is 10.6. The van der Waals surface area contributed by atoms with Crippen LogP contribution >= 0.6 is 15.9 Å². The van der Waals surface area contributed by atoms with Crippen LogP contribution in [0.5, 0.6) is 0 Å². The maximum absolute atomic E-state index is 13.9. The van der Waals surface area contributed by atoms with Crippen LogP contribution in [0.25, 0.3) is 0 Å². The van der Waals surface area contributed by atoms with E-state index in [2.05, 4.69) is 31.0 Å². The Labute approximate surface area is 138 Å². The lowest BCUT2D eigenvalue weighted by Gasteiger charge is -2.34. The maximum Gasteiger partial charge on any atom is 0.234 e. The Hall–Kier alpha value is -0.980. The van der Waals surface area contributed by atoms with Crippen molar-refractivity contribution in [3.8, 4) is 0 Å². The second-order valence-corrected chi connectivity index (χ2v) is 7.05. The van der Waals surface area contributed by atoms with E-state index in [9.17, 15) is 9.18 Å². The van der Waals surface area contributed by atoms with Crippen LogP contribution in [-0.2, 0) is 11.3 Å². The molecule has 1 saturated heterocycles. The smallest absolute Gasteiger partial charge is 0.234 e. The molecule has 3 rings (SSSR count). The van der Waals surface area contributed by atoms with Crippen molar-refractivity contribution in [3.05, 3.63) is 34.1 Å². The predicted molar refractivity (Wildman–Crippen MR) is 87.0 cm³/mol. The molecule has 1 N–H and O–H groups in total. The molecule has 6 heteroatoms. The number of nitrogens with zero attached hydrogens (tertiary/aromatic N) is 2. The summed E-state index contributed by atoms with van der Waals surface area (Å²) in [6.45, 7) is 4.56. The number of hydrogen-bond donors (Lipinski definition) is 1. The Balaban J connectivity index is 1.43. The van der Waals surface area contributed by atoms with Crippen LogP contribution < -0.4 is 5.32 Å². The molecule has 0 radical (unpaired) electrons. The molecule has 0 unspecified atom stereocenters. The summed E-state index contributed by atoms with van der Waals surface area (Å²) in [4.78, 5) is 16.2. The molecule has 1 aliphatic heterocycles. The number of carbonyl (C=O) groups excluding carboxylic acids is 1. The molecule has 1 aromatic rings. The van der Waals surface area contributed by atoms with Crippen LogP contribution in [0.1, 0.15) is 18.4 Å². The number of piperazine rings is 1. The van der Waals surface area contributed by atoms with Crippen molar-refractivity contribution in [3.63, 3.8) is 0 Å². The van der Waals surface area contributed by atoms with Gasteiger partial charge in [0.1, 0.15) is 5.82 Å². The minimum absolute atomic E-state index is 0.134. The molecule has 0 spiro atoms. The highest BCUT2D eigenvalue weighted by atomic mass is 79.9. The van der Waals surface area contributed by atoms with Gasteiger partial charge < -0.3 is 5.32 Å². The molecular formula is C16H21BrFN3O. The number of halogens is 2. The summed E-state index contributed by atoms with van der Waals surface area (Å²) in [5.74, 6) is -0.0319. The van der Waals surface area contributed by atoms with Crippen LogP contribution in [-0.4, -0.2) is 54.5 Å². The fourth-order valence-electron chi connectivity index (χ4n) is 2.70. The third kappa shape index (κ3) is 4.51.